The van der Waals surface area contributed by atoms with Gasteiger partial charge in [0.2, 0.25) is 11.8 Å². The highest BCUT2D eigenvalue weighted by Crippen LogP contribution is 2.20. The van der Waals surface area contributed by atoms with Gasteiger partial charge in [-0.2, -0.15) is 4.98 Å². The molecule has 0 bridgehead atoms. The number of aromatic nitrogens is 2. The maximum atomic E-state index is 11.9. The number of hydrogen-bond donors (Lipinski definition) is 2. The Bertz CT molecular complexity index is 440. The van der Waals surface area contributed by atoms with Crippen LogP contribution in [0, 0.1) is 5.92 Å². The minimum Gasteiger partial charge on any atom is -0.344 e. The number of amides is 1. The minimum atomic E-state index is -0.322. The zero-order valence-corrected chi connectivity index (χ0v) is 13.7. The fraction of sp³-hybridized carbons (Fsp3) is 0.769. The fourth-order valence-electron chi connectivity index (χ4n) is 1.36. The highest BCUT2D eigenvalue weighted by molar-refractivity contribution is 5.85. The van der Waals surface area contributed by atoms with E-state index in [9.17, 15) is 4.79 Å². The highest BCUT2D eigenvalue weighted by atomic mass is 35.5. The van der Waals surface area contributed by atoms with Crippen molar-refractivity contribution in [3.05, 3.63) is 11.7 Å². The van der Waals surface area contributed by atoms with E-state index >= 15 is 0 Å². The molecule has 3 unspecified atom stereocenters. The van der Waals surface area contributed by atoms with Crippen LogP contribution in [0.3, 0.4) is 0 Å². The fourth-order valence-corrected chi connectivity index (χ4v) is 1.36. The van der Waals surface area contributed by atoms with Gasteiger partial charge < -0.3 is 15.6 Å². The summed E-state index contributed by atoms with van der Waals surface area (Å²) in [5.41, 5.74) is 5.52. The molecule has 116 valence electrons. The summed E-state index contributed by atoms with van der Waals surface area (Å²) in [6.07, 6.45) is 0. The molecule has 1 heterocycles. The maximum absolute atomic E-state index is 11.9. The van der Waals surface area contributed by atoms with Crippen molar-refractivity contribution < 1.29 is 9.32 Å². The van der Waals surface area contributed by atoms with Crippen molar-refractivity contribution in [2.45, 2.75) is 59.0 Å². The van der Waals surface area contributed by atoms with Gasteiger partial charge in [0.1, 0.15) is 6.04 Å². The molecular formula is C13H25ClN4O2. The Hall–Kier alpha value is -1.14. The van der Waals surface area contributed by atoms with Crippen molar-refractivity contribution >= 4 is 18.3 Å². The van der Waals surface area contributed by atoms with E-state index in [2.05, 4.69) is 15.5 Å². The summed E-state index contributed by atoms with van der Waals surface area (Å²) >= 11 is 0. The van der Waals surface area contributed by atoms with Crippen molar-refractivity contribution in [3.8, 4) is 0 Å². The molecule has 0 aliphatic heterocycles. The summed E-state index contributed by atoms with van der Waals surface area (Å²) in [5.74, 6) is 0.671. The van der Waals surface area contributed by atoms with E-state index in [1.807, 2.05) is 27.7 Å². The van der Waals surface area contributed by atoms with E-state index < -0.39 is 0 Å². The maximum Gasteiger partial charge on any atom is 0.248 e. The van der Waals surface area contributed by atoms with Gasteiger partial charge in [-0.25, -0.2) is 0 Å². The van der Waals surface area contributed by atoms with Crippen LogP contribution < -0.4 is 11.1 Å². The molecule has 0 aromatic carbocycles. The van der Waals surface area contributed by atoms with Crippen molar-refractivity contribution in [2.75, 3.05) is 0 Å². The lowest BCUT2D eigenvalue weighted by Gasteiger charge is -2.17. The summed E-state index contributed by atoms with van der Waals surface area (Å²) in [5, 5.41) is 6.76. The topological polar surface area (TPSA) is 94.0 Å². The van der Waals surface area contributed by atoms with Crippen LogP contribution in [0.2, 0.25) is 0 Å². The third kappa shape index (κ3) is 4.76. The lowest BCUT2D eigenvalue weighted by molar-refractivity contribution is -0.125. The SMILES string of the molecule is CC(NC(=O)C(C)C(C)N)c1nc(C(C)(C)C)no1.Cl. The normalized spacial score (nSPS) is 15.9. The van der Waals surface area contributed by atoms with Crippen LogP contribution >= 0.6 is 12.4 Å². The van der Waals surface area contributed by atoms with Gasteiger partial charge in [0, 0.05) is 17.4 Å². The van der Waals surface area contributed by atoms with Gasteiger partial charge in [-0.05, 0) is 13.8 Å². The Morgan fingerprint density at radius 2 is 1.85 bits per heavy atom. The Morgan fingerprint density at radius 3 is 2.25 bits per heavy atom. The average Bonchev–Trinajstić information content (AvgIpc) is 2.76. The second kappa shape index (κ2) is 7.04. The highest BCUT2D eigenvalue weighted by Gasteiger charge is 2.25. The van der Waals surface area contributed by atoms with Gasteiger partial charge in [-0.1, -0.05) is 32.9 Å². The zero-order chi connectivity index (χ0) is 14.8. The minimum absolute atomic E-state index is 0. The number of carbonyl (C=O) groups excluding carboxylic acids is 1. The molecule has 0 spiro atoms. The Kier molecular flexibility index (Phi) is 6.64. The van der Waals surface area contributed by atoms with Crippen LogP contribution in [0.25, 0.3) is 0 Å². The third-order valence-electron chi connectivity index (χ3n) is 3.04. The van der Waals surface area contributed by atoms with Crippen LogP contribution in [0.5, 0.6) is 0 Å². The Labute approximate surface area is 126 Å². The zero-order valence-electron chi connectivity index (χ0n) is 12.9. The number of nitrogens with zero attached hydrogens (tertiary/aromatic N) is 2. The van der Waals surface area contributed by atoms with E-state index in [1.54, 1.807) is 13.8 Å². The van der Waals surface area contributed by atoms with Gasteiger partial charge in [0.15, 0.2) is 5.82 Å². The molecule has 0 radical (unpaired) electrons. The van der Waals surface area contributed by atoms with E-state index in [0.717, 1.165) is 0 Å². The molecule has 0 fully saturated rings. The van der Waals surface area contributed by atoms with Gasteiger partial charge >= 0.3 is 0 Å². The molecule has 7 heteroatoms. The summed E-state index contributed by atoms with van der Waals surface area (Å²) in [4.78, 5) is 16.2. The first-order valence-corrected chi connectivity index (χ1v) is 6.53. The molecule has 1 aromatic heterocycles. The van der Waals surface area contributed by atoms with Crippen molar-refractivity contribution in [1.82, 2.24) is 15.5 Å². The van der Waals surface area contributed by atoms with E-state index in [-0.39, 0.29) is 41.7 Å². The first-order valence-electron chi connectivity index (χ1n) is 6.53. The largest absolute Gasteiger partial charge is 0.344 e. The van der Waals surface area contributed by atoms with Gasteiger partial charge in [-0.15, -0.1) is 12.4 Å². The molecule has 0 saturated carbocycles. The van der Waals surface area contributed by atoms with Crippen LogP contribution in [-0.2, 0) is 10.2 Å². The van der Waals surface area contributed by atoms with Crippen LogP contribution in [-0.4, -0.2) is 22.1 Å². The van der Waals surface area contributed by atoms with Crippen molar-refractivity contribution in [3.63, 3.8) is 0 Å². The number of halogens is 1. The molecule has 3 atom stereocenters. The monoisotopic (exact) mass is 304 g/mol. The summed E-state index contributed by atoms with van der Waals surface area (Å²) in [6.45, 7) is 11.4. The average molecular weight is 305 g/mol. The van der Waals surface area contributed by atoms with Crippen molar-refractivity contribution in [1.29, 1.82) is 0 Å². The van der Waals surface area contributed by atoms with E-state index in [1.165, 1.54) is 0 Å². The number of nitrogens with two attached hydrogens (primary N) is 1. The predicted octanol–water partition coefficient (Wildman–Crippen LogP) is 1.95. The molecule has 0 saturated heterocycles. The van der Waals surface area contributed by atoms with E-state index in [4.69, 9.17) is 10.3 Å². The second-order valence-electron chi connectivity index (χ2n) is 6.08. The predicted molar refractivity (Wildman–Crippen MR) is 79.6 cm³/mol. The molecule has 1 aromatic rings. The molecule has 6 nitrogen and oxygen atoms in total. The van der Waals surface area contributed by atoms with Crippen LogP contribution in [0.4, 0.5) is 0 Å². The standard InChI is InChI=1S/C13H24N4O2.ClH/c1-7(8(2)14)10(18)15-9(3)11-16-12(17-19-11)13(4,5)6;/h7-9H,14H2,1-6H3,(H,15,18);1H. The number of nitrogens with one attached hydrogen (secondary N) is 1. The van der Waals surface area contributed by atoms with Crippen LogP contribution in [0.15, 0.2) is 4.52 Å². The molecular weight excluding hydrogens is 280 g/mol. The van der Waals surface area contributed by atoms with Gasteiger partial charge in [0.25, 0.3) is 0 Å². The van der Waals surface area contributed by atoms with Gasteiger partial charge in [-0.3, -0.25) is 4.79 Å². The quantitative estimate of drug-likeness (QED) is 0.886. The lowest BCUT2D eigenvalue weighted by atomic mass is 9.96. The summed E-state index contributed by atoms with van der Waals surface area (Å²) in [6, 6.07) is -0.516. The third-order valence-corrected chi connectivity index (χ3v) is 3.04. The first-order chi connectivity index (χ1) is 8.62. The number of carbonyl (C=O) groups is 1. The number of hydrogen-bond acceptors (Lipinski definition) is 5. The van der Waals surface area contributed by atoms with Gasteiger partial charge in [0.05, 0.1) is 0 Å². The Morgan fingerprint density at radius 1 is 1.30 bits per heavy atom. The number of rotatable bonds is 4. The lowest BCUT2D eigenvalue weighted by Crippen LogP contribution is -2.39. The van der Waals surface area contributed by atoms with Crippen molar-refractivity contribution in [2.24, 2.45) is 11.7 Å². The Balaban J connectivity index is 0.00000361. The molecule has 20 heavy (non-hydrogen) atoms. The van der Waals surface area contributed by atoms with Crippen LogP contribution in [0.1, 0.15) is 59.3 Å². The smallest absolute Gasteiger partial charge is 0.248 e. The molecule has 3 N–H and O–H groups in total. The molecule has 1 amide bonds. The summed E-state index contributed by atoms with van der Waals surface area (Å²) < 4.78 is 5.19. The van der Waals surface area contributed by atoms with E-state index in [0.29, 0.717) is 11.7 Å². The first kappa shape index (κ1) is 18.9. The second-order valence-corrected chi connectivity index (χ2v) is 6.08. The summed E-state index contributed by atoms with van der Waals surface area (Å²) in [7, 11) is 0. The molecule has 0 aliphatic rings. The molecule has 1 rings (SSSR count). The molecule has 0 aliphatic carbocycles.